The van der Waals surface area contributed by atoms with Gasteiger partial charge in [0.25, 0.3) is 0 Å². The lowest BCUT2D eigenvalue weighted by Crippen LogP contribution is -2.40. The van der Waals surface area contributed by atoms with Gasteiger partial charge in [-0.15, -0.1) is 0 Å². The molecule has 0 fully saturated rings. The number of nitrogens with one attached hydrogen (secondary N) is 3. The summed E-state index contributed by atoms with van der Waals surface area (Å²) >= 11 is 5.04. The molecule has 0 aliphatic rings. The normalized spacial score (nSPS) is 10.9. The van der Waals surface area contributed by atoms with Gasteiger partial charge in [-0.05, 0) is 36.3 Å². The Labute approximate surface area is 137 Å². The number of benzene rings is 2. The molecule has 2 aromatic carbocycles. The summed E-state index contributed by atoms with van der Waals surface area (Å²) in [4.78, 5) is 0. The molecule has 0 atom stereocenters. The van der Waals surface area contributed by atoms with Gasteiger partial charge in [-0.1, -0.05) is 42.5 Å². The first-order chi connectivity index (χ1) is 11.0. The van der Waals surface area contributed by atoms with Crippen molar-refractivity contribution in [2.24, 2.45) is 0 Å². The zero-order valence-corrected chi connectivity index (χ0v) is 13.0. The van der Waals surface area contributed by atoms with E-state index in [1.54, 1.807) is 0 Å². The fourth-order valence-electron chi connectivity index (χ4n) is 1.97. The molecule has 0 saturated carbocycles. The predicted molar refractivity (Wildman–Crippen MR) is 88.9 cm³/mol. The standard InChI is InChI=1S/C16H16F3N3S/c17-16(18,19)13-8-4-5-9-14(13)21-22-15(23)20-11-10-12-6-2-1-3-7-12/h1-9,21H,10-11H2,(H2,20,22,23). The molecule has 0 bridgehead atoms. The molecule has 0 aromatic heterocycles. The van der Waals surface area contributed by atoms with Crippen LogP contribution in [0.25, 0.3) is 0 Å². The van der Waals surface area contributed by atoms with E-state index in [0.717, 1.165) is 18.1 Å². The molecule has 0 unspecified atom stereocenters. The lowest BCUT2D eigenvalue weighted by molar-refractivity contribution is -0.137. The molecule has 23 heavy (non-hydrogen) atoms. The van der Waals surface area contributed by atoms with Gasteiger partial charge in [-0.2, -0.15) is 13.2 Å². The number of anilines is 1. The van der Waals surface area contributed by atoms with Gasteiger partial charge in [0.05, 0.1) is 11.3 Å². The summed E-state index contributed by atoms with van der Waals surface area (Å²) in [5.74, 6) is 0. The molecule has 0 aliphatic carbocycles. The average molecular weight is 339 g/mol. The third kappa shape index (κ3) is 5.45. The zero-order valence-electron chi connectivity index (χ0n) is 12.2. The summed E-state index contributed by atoms with van der Waals surface area (Å²) in [6, 6.07) is 15.0. The van der Waals surface area contributed by atoms with Crippen LogP contribution in [0.5, 0.6) is 0 Å². The number of halogens is 3. The van der Waals surface area contributed by atoms with Crippen molar-refractivity contribution in [3.05, 3.63) is 65.7 Å². The maximum Gasteiger partial charge on any atom is 0.418 e. The minimum atomic E-state index is -4.42. The van der Waals surface area contributed by atoms with Crippen molar-refractivity contribution in [1.29, 1.82) is 0 Å². The first-order valence-electron chi connectivity index (χ1n) is 6.97. The Morgan fingerprint density at radius 3 is 2.30 bits per heavy atom. The second-order valence-electron chi connectivity index (χ2n) is 4.78. The molecular weight excluding hydrogens is 323 g/mol. The molecule has 0 spiro atoms. The van der Waals surface area contributed by atoms with Gasteiger partial charge in [0.1, 0.15) is 0 Å². The van der Waals surface area contributed by atoms with Crippen LogP contribution in [0.15, 0.2) is 54.6 Å². The van der Waals surface area contributed by atoms with E-state index in [-0.39, 0.29) is 10.8 Å². The van der Waals surface area contributed by atoms with E-state index in [2.05, 4.69) is 16.2 Å². The molecule has 2 aromatic rings. The molecule has 7 heteroatoms. The number of hydrazine groups is 1. The zero-order chi connectivity index (χ0) is 16.7. The summed E-state index contributed by atoms with van der Waals surface area (Å²) in [7, 11) is 0. The SMILES string of the molecule is FC(F)(F)c1ccccc1NNC(=S)NCCc1ccccc1. The van der Waals surface area contributed by atoms with Crippen molar-refractivity contribution >= 4 is 23.0 Å². The minimum absolute atomic E-state index is 0.0767. The van der Waals surface area contributed by atoms with Gasteiger partial charge >= 0.3 is 6.18 Å². The van der Waals surface area contributed by atoms with Gasteiger partial charge in [-0.3, -0.25) is 10.9 Å². The Balaban J connectivity index is 1.81. The molecule has 3 nitrogen and oxygen atoms in total. The quantitative estimate of drug-likeness (QED) is 0.573. The van der Waals surface area contributed by atoms with Crippen LogP contribution >= 0.6 is 12.2 Å². The predicted octanol–water partition coefficient (Wildman–Crippen LogP) is 3.74. The van der Waals surface area contributed by atoms with Crippen molar-refractivity contribution in [1.82, 2.24) is 10.7 Å². The number of hydrogen-bond acceptors (Lipinski definition) is 2. The Kier molecular flexibility index (Phi) is 5.81. The van der Waals surface area contributed by atoms with Gasteiger partial charge < -0.3 is 5.32 Å². The van der Waals surface area contributed by atoms with E-state index in [4.69, 9.17) is 12.2 Å². The van der Waals surface area contributed by atoms with Crippen molar-refractivity contribution in [3.63, 3.8) is 0 Å². The number of hydrogen-bond donors (Lipinski definition) is 3. The van der Waals surface area contributed by atoms with E-state index in [9.17, 15) is 13.2 Å². The van der Waals surface area contributed by atoms with Crippen LogP contribution in [0.1, 0.15) is 11.1 Å². The molecule has 0 saturated heterocycles. The maximum atomic E-state index is 12.8. The van der Waals surface area contributed by atoms with Gasteiger partial charge in [0, 0.05) is 6.54 Å². The van der Waals surface area contributed by atoms with Gasteiger partial charge in [0.2, 0.25) is 0 Å². The largest absolute Gasteiger partial charge is 0.418 e. The van der Waals surface area contributed by atoms with Crippen molar-refractivity contribution in [3.8, 4) is 0 Å². The van der Waals surface area contributed by atoms with Crippen LogP contribution < -0.4 is 16.2 Å². The van der Waals surface area contributed by atoms with Crippen molar-refractivity contribution < 1.29 is 13.2 Å². The highest BCUT2D eigenvalue weighted by Crippen LogP contribution is 2.34. The van der Waals surface area contributed by atoms with Crippen LogP contribution in [0.3, 0.4) is 0 Å². The highest BCUT2D eigenvalue weighted by atomic mass is 32.1. The minimum Gasteiger partial charge on any atom is -0.361 e. The summed E-state index contributed by atoms with van der Waals surface area (Å²) in [5, 5.41) is 3.17. The highest BCUT2D eigenvalue weighted by Gasteiger charge is 2.33. The Morgan fingerprint density at radius 1 is 0.957 bits per heavy atom. The van der Waals surface area contributed by atoms with Crippen molar-refractivity contribution in [2.75, 3.05) is 12.0 Å². The van der Waals surface area contributed by atoms with Crippen LogP contribution in [-0.2, 0) is 12.6 Å². The first-order valence-corrected chi connectivity index (χ1v) is 7.37. The molecule has 122 valence electrons. The van der Waals surface area contributed by atoms with Crippen LogP contribution in [0.2, 0.25) is 0 Å². The van der Waals surface area contributed by atoms with Crippen molar-refractivity contribution in [2.45, 2.75) is 12.6 Å². The Hall–Kier alpha value is -2.28. The van der Waals surface area contributed by atoms with Gasteiger partial charge in [-0.25, -0.2) is 0 Å². The lowest BCUT2D eigenvalue weighted by Gasteiger charge is -2.16. The second-order valence-corrected chi connectivity index (χ2v) is 5.19. The van der Waals surface area contributed by atoms with Crippen LogP contribution in [0, 0.1) is 0 Å². The summed E-state index contributed by atoms with van der Waals surface area (Å²) in [6.45, 7) is 0.582. The second kappa shape index (κ2) is 7.82. The number of para-hydroxylation sites is 1. The molecule has 0 amide bonds. The highest BCUT2D eigenvalue weighted by molar-refractivity contribution is 7.80. The number of rotatable bonds is 5. The van der Waals surface area contributed by atoms with Crippen LogP contribution in [-0.4, -0.2) is 11.7 Å². The molecule has 0 heterocycles. The average Bonchev–Trinajstić information content (AvgIpc) is 2.53. The van der Waals surface area contributed by atoms with E-state index in [1.165, 1.54) is 18.2 Å². The fourth-order valence-corrected chi connectivity index (χ4v) is 2.13. The molecule has 0 radical (unpaired) electrons. The smallest absolute Gasteiger partial charge is 0.361 e. The Morgan fingerprint density at radius 2 is 1.61 bits per heavy atom. The third-order valence-corrected chi connectivity index (χ3v) is 3.33. The number of thiocarbonyl (C=S) groups is 1. The molecule has 3 N–H and O–H groups in total. The summed E-state index contributed by atoms with van der Waals surface area (Å²) < 4.78 is 38.5. The maximum absolute atomic E-state index is 12.8. The van der Waals surface area contributed by atoms with Crippen LogP contribution in [0.4, 0.5) is 18.9 Å². The third-order valence-electron chi connectivity index (χ3n) is 3.09. The van der Waals surface area contributed by atoms with Gasteiger partial charge in [0.15, 0.2) is 5.11 Å². The monoisotopic (exact) mass is 339 g/mol. The first kappa shape index (κ1) is 17.1. The van der Waals surface area contributed by atoms with E-state index in [0.29, 0.717) is 6.54 Å². The summed E-state index contributed by atoms with van der Waals surface area (Å²) in [6.07, 6.45) is -3.66. The molecule has 2 rings (SSSR count). The van der Waals surface area contributed by atoms with E-state index in [1.807, 2.05) is 30.3 Å². The molecule has 0 aliphatic heterocycles. The topological polar surface area (TPSA) is 36.1 Å². The lowest BCUT2D eigenvalue weighted by atomic mass is 10.1. The fraction of sp³-hybridized carbons (Fsp3) is 0.188. The number of alkyl halides is 3. The Bertz CT molecular complexity index is 645. The molecular formula is C16H16F3N3S. The summed E-state index contributed by atoms with van der Waals surface area (Å²) in [5.41, 5.74) is 5.39. The van der Waals surface area contributed by atoms with E-state index < -0.39 is 11.7 Å². The van der Waals surface area contributed by atoms with E-state index >= 15 is 0 Å².